The van der Waals surface area contributed by atoms with Crippen LogP contribution in [-0.4, -0.2) is 39.6 Å². The largest absolute Gasteiger partial charge is 0.493 e. The standard InChI is InChI=1S/C19H21FN2O5/c1-12(13-9-16(24-2)19(26-4)17(10-13)25-3)21-22-18(23)11-27-15-7-5-14(20)6-8-15/h5-10H,11H2,1-4H3,(H,22,23). The third kappa shape index (κ3) is 5.34. The van der Waals surface area contributed by atoms with E-state index in [1.165, 1.54) is 45.6 Å². The summed E-state index contributed by atoms with van der Waals surface area (Å²) in [6.07, 6.45) is 0. The predicted molar refractivity (Wildman–Crippen MR) is 98.3 cm³/mol. The van der Waals surface area contributed by atoms with Crippen molar-refractivity contribution in [2.75, 3.05) is 27.9 Å². The molecule has 27 heavy (non-hydrogen) atoms. The molecule has 1 amide bonds. The number of amides is 1. The minimum atomic E-state index is -0.453. The Morgan fingerprint density at radius 2 is 1.63 bits per heavy atom. The van der Waals surface area contributed by atoms with Crippen LogP contribution in [0.4, 0.5) is 4.39 Å². The third-order valence-corrected chi connectivity index (χ3v) is 3.61. The van der Waals surface area contributed by atoms with Crippen molar-refractivity contribution in [1.29, 1.82) is 0 Å². The predicted octanol–water partition coefficient (Wildman–Crippen LogP) is 2.77. The van der Waals surface area contributed by atoms with Crippen molar-refractivity contribution < 1.29 is 28.1 Å². The number of rotatable bonds is 8. The molecule has 2 aromatic rings. The Morgan fingerprint density at radius 1 is 1.04 bits per heavy atom. The van der Waals surface area contributed by atoms with Crippen molar-refractivity contribution in [3.05, 3.63) is 47.8 Å². The molecule has 0 aliphatic heterocycles. The molecule has 2 aromatic carbocycles. The number of hydrogen-bond acceptors (Lipinski definition) is 6. The van der Waals surface area contributed by atoms with Gasteiger partial charge in [-0.25, -0.2) is 9.82 Å². The molecule has 7 nitrogen and oxygen atoms in total. The average molecular weight is 376 g/mol. The van der Waals surface area contributed by atoms with Crippen molar-refractivity contribution in [2.45, 2.75) is 6.92 Å². The number of halogens is 1. The third-order valence-electron chi connectivity index (χ3n) is 3.61. The number of nitrogens with zero attached hydrogens (tertiary/aromatic N) is 1. The van der Waals surface area contributed by atoms with Crippen molar-refractivity contribution in [3.8, 4) is 23.0 Å². The summed E-state index contributed by atoms with van der Waals surface area (Å²) in [5.41, 5.74) is 3.62. The fraction of sp³-hybridized carbons (Fsp3) is 0.263. The lowest BCUT2D eigenvalue weighted by Crippen LogP contribution is -2.25. The fourth-order valence-electron chi connectivity index (χ4n) is 2.21. The van der Waals surface area contributed by atoms with Gasteiger partial charge >= 0.3 is 0 Å². The van der Waals surface area contributed by atoms with E-state index in [1.54, 1.807) is 19.1 Å². The number of benzene rings is 2. The first-order valence-corrected chi connectivity index (χ1v) is 8.00. The smallest absolute Gasteiger partial charge is 0.277 e. The van der Waals surface area contributed by atoms with Gasteiger partial charge in [0.1, 0.15) is 11.6 Å². The van der Waals surface area contributed by atoms with Crippen molar-refractivity contribution >= 4 is 11.6 Å². The van der Waals surface area contributed by atoms with Crippen LogP contribution < -0.4 is 24.4 Å². The summed E-state index contributed by atoms with van der Waals surface area (Å²) in [5.74, 6) is 0.980. The maximum Gasteiger partial charge on any atom is 0.277 e. The molecule has 0 spiro atoms. The summed E-state index contributed by atoms with van der Waals surface area (Å²) in [6, 6.07) is 8.82. The average Bonchev–Trinajstić information content (AvgIpc) is 2.70. The molecule has 0 heterocycles. The Bertz CT molecular complexity index is 796. The maximum absolute atomic E-state index is 12.8. The lowest BCUT2D eigenvalue weighted by atomic mass is 10.1. The summed E-state index contributed by atoms with van der Waals surface area (Å²) in [4.78, 5) is 11.9. The first-order valence-electron chi connectivity index (χ1n) is 8.00. The zero-order chi connectivity index (χ0) is 19.8. The first kappa shape index (κ1) is 20.0. The zero-order valence-electron chi connectivity index (χ0n) is 15.5. The molecule has 0 aliphatic rings. The highest BCUT2D eigenvalue weighted by Gasteiger charge is 2.14. The second-order valence-electron chi connectivity index (χ2n) is 5.39. The molecule has 1 N–H and O–H groups in total. The molecule has 144 valence electrons. The molecule has 0 fully saturated rings. The number of hydrazone groups is 1. The Balaban J connectivity index is 2.03. The lowest BCUT2D eigenvalue weighted by Gasteiger charge is -2.14. The van der Waals surface area contributed by atoms with Crippen LogP contribution in [0.2, 0.25) is 0 Å². The molecule has 0 bridgehead atoms. The Kier molecular flexibility index (Phi) is 6.99. The van der Waals surface area contributed by atoms with Gasteiger partial charge in [-0.1, -0.05) is 0 Å². The normalized spacial score (nSPS) is 10.9. The van der Waals surface area contributed by atoms with Crippen LogP contribution in [0, 0.1) is 5.82 Å². The monoisotopic (exact) mass is 376 g/mol. The number of carbonyl (C=O) groups excluding carboxylic acids is 1. The lowest BCUT2D eigenvalue weighted by molar-refractivity contribution is -0.123. The molecule has 0 aromatic heterocycles. The Labute approximate surface area is 156 Å². The molecule has 0 atom stereocenters. The van der Waals surface area contributed by atoms with Crippen LogP contribution in [0.3, 0.4) is 0 Å². The Morgan fingerprint density at radius 3 is 2.15 bits per heavy atom. The van der Waals surface area contributed by atoms with Gasteiger partial charge < -0.3 is 18.9 Å². The maximum atomic E-state index is 12.8. The molecule has 0 radical (unpaired) electrons. The van der Waals surface area contributed by atoms with E-state index >= 15 is 0 Å². The van der Waals surface area contributed by atoms with E-state index in [-0.39, 0.29) is 12.4 Å². The number of methoxy groups -OCH3 is 3. The van der Waals surface area contributed by atoms with Gasteiger partial charge in [-0.2, -0.15) is 5.10 Å². The van der Waals surface area contributed by atoms with E-state index in [1.807, 2.05) is 0 Å². The molecule has 2 rings (SSSR count). The van der Waals surface area contributed by atoms with Crippen LogP contribution in [0.1, 0.15) is 12.5 Å². The summed E-state index contributed by atoms with van der Waals surface area (Å²) < 4.78 is 34.0. The fourth-order valence-corrected chi connectivity index (χ4v) is 2.21. The van der Waals surface area contributed by atoms with Crippen molar-refractivity contribution in [1.82, 2.24) is 5.43 Å². The SMILES string of the molecule is COc1cc(C(C)=NNC(=O)COc2ccc(F)cc2)cc(OC)c1OC. The van der Waals surface area contributed by atoms with E-state index in [4.69, 9.17) is 18.9 Å². The van der Waals surface area contributed by atoms with E-state index < -0.39 is 5.91 Å². The minimum absolute atomic E-state index is 0.252. The van der Waals surface area contributed by atoms with Crippen LogP contribution in [-0.2, 0) is 4.79 Å². The van der Waals surface area contributed by atoms with E-state index in [9.17, 15) is 9.18 Å². The summed E-state index contributed by atoms with van der Waals surface area (Å²) >= 11 is 0. The van der Waals surface area contributed by atoms with Gasteiger partial charge in [0.15, 0.2) is 18.1 Å². The zero-order valence-corrected chi connectivity index (χ0v) is 15.5. The van der Waals surface area contributed by atoms with E-state index in [0.717, 1.165) is 0 Å². The molecule has 0 saturated carbocycles. The van der Waals surface area contributed by atoms with E-state index in [2.05, 4.69) is 10.5 Å². The first-order chi connectivity index (χ1) is 13.0. The van der Waals surface area contributed by atoms with E-state index in [0.29, 0.717) is 34.3 Å². The minimum Gasteiger partial charge on any atom is -0.493 e. The van der Waals surface area contributed by atoms with Gasteiger partial charge in [0.25, 0.3) is 5.91 Å². The van der Waals surface area contributed by atoms with Gasteiger partial charge in [-0.05, 0) is 43.3 Å². The number of hydrogen-bond donors (Lipinski definition) is 1. The van der Waals surface area contributed by atoms with Gasteiger partial charge in [-0.3, -0.25) is 4.79 Å². The number of ether oxygens (including phenoxy) is 4. The Hall–Kier alpha value is -3.29. The van der Waals surface area contributed by atoms with Crippen LogP contribution in [0.15, 0.2) is 41.5 Å². The van der Waals surface area contributed by atoms with Gasteiger partial charge in [-0.15, -0.1) is 0 Å². The van der Waals surface area contributed by atoms with Gasteiger partial charge in [0, 0.05) is 5.56 Å². The van der Waals surface area contributed by atoms with Gasteiger partial charge in [0.2, 0.25) is 5.75 Å². The topological polar surface area (TPSA) is 78.4 Å². The van der Waals surface area contributed by atoms with Gasteiger partial charge in [0.05, 0.1) is 27.0 Å². The molecular weight excluding hydrogens is 355 g/mol. The highest BCUT2D eigenvalue weighted by Crippen LogP contribution is 2.38. The molecule has 0 unspecified atom stereocenters. The summed E-state index contributed by atoms with van der Waals surface area (Å²) in [7, 11) is 4.55. The number of nitrogens with one attached hydrogen (secondary N) is 1. The summed E-state index contributed by atoms with van der Waals surface area (Å²) in [5, 5.41) is 4.05. The van der Waals surface area contributed by atoms with Crippen LogP contribution in [0.25, 0.3) is 0 Å². The highest BCUT2D eigenvalue weighted by atomic mass is 19.1. The summed E-state index contributed by atoms with van der Waals surface area (Å²) in [6.45, 7) is 1.47. The number of carbonyl (C=O) groups is 1. The molecule has 0 aliphatic carbocycles. The van der Waals surface area contributed by atoms with Crippen LogP contribution >= 0.6 is 0 Å². The molecule has 0 saturated heterocycles. The molecular formula is C19H21FN2O5. The highest BCUT2D eigenvalue weighted by molar-refractivity contribution is 6.00. The molecule has 8 heteroatoms. The van der Waals surface area contributed by atoms with Crippen molar-refractivity contribution in [2.24, 2.45) is 5.10 Å². The second-order valence-corrected chi connectivity index (χ2v) is 5.39. The van der Waals surface area contributed by atoms with Crippen molar-refractivity contribution in [3.63, 3.8) is 0 Å². The quantitative estimate of drug-likeness (QED) is 0.566. The van der Waals surface area contributed by atoms with Crippen LogP contribution in [0.5, 0.6) is 23.0 Å². The second kappa shape index (κ2) is 9.42.